The molecule has 0 spiro atoms. The predicted octanol–water partition coefficient (Wildman–Crippen LogP) is 5.85. The predicted molar refractivity (Wildman–Crippen MR) is 137 cm³/mol. The van der Waals surface area contributed by atoms with Gasteiger partial charge in [0.1, 0.15) is 0 Å². The van der Waals surface area contributed by atoms with E-state index < -0.39 is 33.0 Å². The maximum absolute atomic E-state index is 12.7. The van der Waals surface area contributed by atoms with Crippen LogP contribution in [0.3, 0.4) is 0 Å². The molecule has 5 nitrogen and oxygen atoms in total. The van der Waals surface area contributed by atoms with Gasteiger partial charge >= 0.3 is 5.97 Å². The van der Waals surface area contributed by atoms with Crippen LogP contribution in [0, 0.1) is 10.8 Å². The van der Waals surface area contributed by atoms with Gasteiger partial charge in [0.05, 0.1) is 27.0 Å². The maximum Gasteiger partial charge on any atom is 0.309 e. The van der Waals surface area contributed by atoms with Gasteiger partial charge in [-0.1, -0.05) is 26.7 Å². The highest BCUT2D eigenvalue weighted by molar-refractivity contribution is 7.93. The van der Waals surface area contributed by atoms with Gasteiger partial charge in [0.25, 0.3) is 0 Å². The lowest BCUT2D eigenvalue weighted by Gasteiger charge is -2.21. The van der Waals surface area contributed by atoms with Crippen molar-refractivity contribution >= 4 is 27.6 Å². The number of carboxylic acids is 1. The smallest absolute Gasteiger partial charge is 0.309 e. The van der Waals surface area contributed by atoms with Crippen molar-refractivity contribution in [3.63, 3.8) is 0 Å². The zero-order valence-electron chi connectivity index (χ0n) is 20.3. The molecule has 2 aliphatic rings. The molecular formula is C26H38O5S2. The highest BCUT2D eigenvalue weighted by Crippen LogP contribution is 2.31. The average Bonchev–Trinajstić information content (AvgIpc) is 3.29. The van der Waals surface area contributed by atoms with Gasteiger partial charge in [-0.15, -0.1) is 0 Å². The van der Waals surface area contributed by atoms with E-state index >= 15 is 0 Å². The number of aliphatic carboxylic acids is 1. The van der Waals surface area contributed by atoms with Gasteiger partial charge in [-0.2, -0.15) is 0 Å². The Hall–Kier alpha value is -1.57. The number of aliphatic hydroxyl groups is 1. The van der Waals surface area contributed by atoms with E-state index in [1.54, 1.807) is 26.0 Å². The topological polar surface area (TPSA) is 91.7 Å². The highest BCUT2D eigenvalue weighted by atomic mass is 32.2. The molecule has 0 amide bonds. The van der Waals surface area contributed by atoms with Crippen LogP contribution in [0.1, 0.15) is 79.1 Å². The maximum atomic E-state index is 12.7. The Labute approximate surface area is 203 Å². The fourth-order valence-corrected chi connectivity index (χ4v) is 6.02. The van der Waals surface area contributed by atoms with E-state index in [1.807, 2.05) is 38.2 Å². The molecule has 0 radical (unpaired) electrons. The molecule has 0 aliphatic carbocycles. The summed E-state index contributed by atoms with van der Waals surface area (Å²) in [6.45, 7) is 7.73. The molecule has 0 aromatic heterocycles. The Bertz CT molecular complexity index is 932. The van der Waals surface area contributed by atoms with Crippen LogP contribution in [-0.4, -0.2) is 31.2 Å². The standard InChI is InChI=1S/C26H38O5S2/c1-25(2,19-27)17-7-5-9-20-11-13-22(32(20)30)15-16-23-14-12-21(33(23)31)10-6-8-18-26(3,4)24(28)29/h11-16,27H,5-10,17-19H2,1-4H3,(H,28,29)/b16-15-. The molecule has 2 aliphatic heterocycles. The van der Waals surface area contributed by atoms with Crippen LogP contribution in [0.2, 0.25) is 0 Å². The summed E-state index contributed by atoms with van der Waals surface area (Å²) in [6, 6.07) is 0. The van der Waals surface area contributed by atoms with Gasteiger partial charge in [0, 0.05) is 26.2 Å². The summed E-state index contributed by atoms with van der Waals surface area (Å²) < 4.78 is 25.5. The molecular weight excluding hydrogens is 456 g/mol. The Morgan fingerprint density at radius 1 is 0.818 bits per heavy atom. The van der Waals surface area contributed by atoms with Gasteiger partial charge in [0.15, 0.2) is 0 Å². The second-order valence-electron chi connectivity index (χ2n) is 10.2. The molecule has 2 atom stereocenters. The number of rotatable bonds is 14. The van der Waals surface area contributed by atoms with E-state index in [4.69, 9.17) is 0 Å². The van der Waals surface area contributed by atoms with Gasteiger partial charge in [-0.25, -0.2) is 8.42 Å². The molecule has 33 heavy (non-hydrogen) atoms. The van der Waals surface area contributed by atoms with Gasteiger partial charge in [-0.3, -0.25) is 4.79 Å². The van der Waals surface area contributed by atoms with Crippen molar-refractivity contribution in [3.05, 3.63) is 56.1 Å². The van der Waals surface area contributed by atoms with E-state index in [0.29, 0.717) is 17.7 Å². The van der Waals surface area contributed by atoms with Gasteiger partial charge in [0.2, 0.25) is 0 Å². The summed E-state index contributed by atoms with van der Waals surface area (Å²) in [5.74, 6) is -0.790. The Morgan fingerprint density at radius 2 is 1.27 bits per heavy atom. The monoisotopic (exact) mass is 494 g/mol. The van der Waals surface area contributed by atoms with Crippen LogP contribution >= 0.6 is 0 Å². The van der Waals surface area contributed by atoms with Crippen molar-refractivity contribution in [1.82, 2.24) is 0 Å². The number of aliphatic hydroxyl groups excluding tert-OH is 1. The molecule has 7 heteroatoms. The highest BCUT2D eigenvalue weighted by Gasteiger charge is 2.26. The summed E-state index contributed by atoms with van der Waals surface area (Å²) in [5.41, 5.74) is -0.801. The van der Waals surface area contributed by atoms with E-state index in [1.165, 1.54) is 0 Å². The SMILES string of the molecule is CC(C)(CO)CCCCC1=CC=C(/C=C\C2=CC=C(CCCCC(C)(C)C(=O)O)S2=O)S1=O. The third-order valence-corrected chi connectivity index (χ3v) is 9.23. The number of hydrogen-bond donors (Lipinski definition) is 2. The Kier molecular flexibility index (Phi) is 10.3. The molecule has 0 aromatic rings. The van der Waals surface area contributed by atoms with Crippen LogP contribution in [-0.2, 0) is 26.4 Å². The minimum absolute atomic E-state index is 0.0675. The zero-order chi connectivity index (χ0) is 24.6. The second-order valence-corrected chi connectivity index (χ2v) is 13.3. The lowest BCUT2D eigenvalue weighted by atomic mass is 9.87. The first-order chi connectivity index (χ1) is 15.5. The van der Waals surface area contributed by atoms with Crippen molar-refractivity contribution in [1.29, 1.82) is 0 Å². The fraction of sp³-hybridized carbons (Fsp3) is 0.577. The Morgan fingerprint density at radius 3 is 1.70 bits per heavy atom. The molecule has 2 N–H and O–H groups in total. The first-order valence-electron chi connectivity index (χ1n) is 11.6. The molecule has 0 aromatic carbocycles. The molecule has 184 valence electrons. The van der Waals surface area contributed by atoms with E-state index in [0.717, 1.165) is 53.2 Å². The third-order valence-electron chi connectivity index (χ3n) is 6.19. The summed E-state index contributed by atoms with van der Waals surface area (Å²) in [6.07, 6.45) is 17.6. The molecule has 0 bridgehead atoms. The molecule has 2 rings (SSSR count). The van der Waals surface area contributed by atoms with Crippen molar-refractivity contribution < 1.29 is 23.4 Å². The summed E-state index contributed by atoms with van der Waals surface area (Å²) in [5, 5.41) is 18.5. The van der Waals surface area contributed by atoms with Crippen molar-refractivity contribution in [2.75, 3.05) is 6.61 Å². The number of hydrogen-bond acceptors (Lipinski definition) is 4. The molecule has 2 unspecified atom stereocenters. The number of carboxylic acid groups (broad SMARTS) is 1. The summed E-state index contributed by atoms with van der Waals surface area (Å²) >= 11 is 0. The van der Waals surface area contributed by atoms with Gasteiger partial charge in [-0.05, 0) is 94.2 Å². The number of carbonyl (C=O) groups is 1. The third kappa shape index (κ3) is 8.30. The van der Waals surface area contributed by atoms with Crippen LogP contribution < -0.4 is 0 Å². The molecule has 0 saturated heterocycles. The van der Waals surface area contributed by atoms with Gasteiger partial charge < -0.3 is 10.2 Å². The largest absolute Gasteiger partial charge is 0.481 e. The lowest BCUT2D eigenvalue weighted by molar-refractivity contribution is -0.147. The fourth-order valence-electron chi connectivity index (χ4n) is 3.61. The molecule has 2 heterocycles. The Balaban J connectivity index is 1.74. The van der Waals surface area contributed by atoms with Crippen LogP contribution in [0.4, 0.5) is 0 Å². The molecule has 0 saturated carbocycles. The normalized spacial score (nSPS) is 21.2. The second kappa shape index (κ2) is 12.2. The first kappa shape index (κ1) is 27.7. The minimum atomic E-state index is -1.21. The van der Waals surface area contributed by atoms with Crippen molar-refractivity contribution in [2.24, 2.45) is 10.8 Å². The number of unbranched alkanes of at least 4 members (excludes halogenated alkanes) is 2. The lowest BCUT2D eigenvalue weighted by Crippen LogP contribution is -2.23. The van der Waals surface area contributed by atoms with Crippen LogP contribution in [0.25, 0.3) is 0 Å². The van der Waals surface area contributed by atoms with E-state index in [2.05, 4.69) is 0 Å². The van der Waals surface area contributed by atoms with Crippen molar-refractivity contribution in [3.8, 4) is 0 Å². The zero-order valence-corrected chi connectivity index (χ0v) is 21.9. The average molecular weight is 495 g/mol. The van der Waals surface area contributed by atoms with E-state index in [9.17, 15) is 23.4 Å². The van der Waals surface area contributed by atoms with Crippen LogP contribution in [0.15, 0.2) is 56.1 Å². The summed E-state index contributed by atoms with van der Waals surface area (Å²) in [7, 11) is -2.38. The summed E-state index contributed by atoms with van der Waals surface area (Å²) in [4.78, 5) is 14.4. The van der Waals surface area contributed by atoms with Crippen LogP contribution in [0.5, 0.6) is 0 Å². The first-order valence-corrected chi connectivity index (χ1v) is 13.9. The number of allylic oxidation sites excluding steroid dienone is 8. The molecule has 0 fully saturated rings. The quantitative estimate of drug-likeness (QED) is 0.295. The minimum Gasteiger partial charge on any atom is -0.481 e. The van der Waals surface area contributed by atoms with E-state index in [-0.39, 0.29) is 12.0 Å². The van der Waals surface area contributed by atoms with Crippen molar-refractivity contribution in [2.45, 2.75) is 79.1 Å².